The third kappa shape index (κ3) is 3.74. The minimum Gasteiger partial charge on any atom is -0.342 e. The van der Waals surface area contributed by atoms with Gasteiger partial charge >= 0.3 is 0 Å². The molecule has 142 valence electrons. The van der Waals surface area contributed by atoms with E-state index in [1.54, 1.807) is 29.0 Å². The predicted molar refractivity (Wildman–Crippen MR) is 96.9 cm³/mol. The van der Waals surface area contributed by atoms with E-state index in [0.717, 1.165) is 5.56 Å². The lowest BCUT2D eigenvalue weighted by molar-refractivity contribution is -0.134. The summed E-state index contributed by atoms with van der Waals surface area (Å²) in [6, 6.07) is 7.07. The molecule has 2 aliphatic rings. The minimum atomic E-state index is -3.48. The molecule has 8 nitrogen and oxygen atoms in total. The van der Waals surface area contributed by atoms with Gasteiger partial charge in [0.1, 0.15) is 0 Å². The molecule has 2 N–H and O–H groups in total. The quantitative estimate of drug-likeness (QED) is 0.762. The van der Waals surface area contributed by atoms with Crippen molar-refractivity contribution in [3.05, 3.63) is 35.4 Å². The number of likely N-dealkylation sites (N-methyl/N-ethyl adjacent to an activating group) is 1. The highest BCUT2D eigenvalue weighted by atomic mass is 32.2. The Bertz CT molecular complexity index is 803. The molecule has 1 aromatic rings. The normalized spacial score (nSPS) is 21.6. The zero-order valence-electron chi connectivity index (χ0n) is 14.9. The van der Waals surface area contributed by atoms with Crippen molar-refractivity contribution in [1.82, 2.24) is 19.2 Å². The number of fused-ring (bicyclic) bond motifs is 1. The van der Waals surface area contributed by atoms with Crippen LogP contribution in [0.25, 0.3) is 0 Å². The fourth-order valence-corrected chi connectivity index (χ4v) is 4.38. The molecule has 0 aromatic heterocycles. The predicted octanol–water partition coefficient (Wildman–Crippen LogP) is -0.0994. The number of rotatable bonds is 4. The van der Waals surface area contributed by atoms with Crippen molar-refractivity contribution < 1.29 is 18.0 Å². The molecule has 2 heterocycles. The molecule has 0 radical (unpaired) electrons. The maximum atomic E-state index is 13.1. The lowest BCUT2D eigenvalue weighted by Crippen LogP contribution is -2.51. The van der Waals surface area contributed by atoms with Crippen molar-refractivity contribution in [3.8, 4) is 0 Å². The van der Waals surface area contributed by atoms with E-state index >= 15 is 0 Å². The van der Waals surface area contributed by atoms with E-state index in [4.69, 9.17) is 0 Å². The number of nitrogens with one attached hydrogen (secondary N) is 2. The lowest BCUT2D eigenvalue weighted by Gasteiger charge is -2.37. The van der Waals surface area contributed by atoms with Crippen LogP contribution in [0.1, 0.15) is 34.7 Å². The highest BCUT2D eigenvalue weighted by Gasteiger charge is 2.36. The summed E-state index contributed by atoms with van der Waals surface area (Å²) in [5.74, 6) is -0.448. The van der Waals surface area contributed by atoms with Gasteiger partial charge in [-0.25, -0.2) is 4.72 Å². The van der Waals surface area contributed by atoms with E-state index in [9.17, 15) is 18.0 Å². The zero-order chi connectivity index (χ0) is 18.9. The van der Waals surface area contributed by atoms with Gasteiger partial charge in [0.25, 0.3) is 16.1 Å². The molecule has 2 amide bonds. The Hall–Kier alpha value is -1.97. The van der Waals surface area contributed by atoms with E-state index in [1.807, 2.05) is 12.1 Å². The first kappa shape index (κ1) is 18.8. The average Bonchev–Trinajstić information content (AvgIpc) is 2.64. The smallest absolute Gasteiger partial charge is 0.276 e. The largest absolute Gasteiger partial charge is 0.342 e. The van der Waals surface area contributed by atoms with Crippen LogP contribution in [0.5, 0.6) is 0 Å². The number of carbonyl (C=O) groups excluding carboxylic acids is 2. The van der Waals surface area contributed by atoms with Gasteiger partial charge in [-0.15, -0.1) is 0 Å². The summed E-state index contributed by atoms with van der Waals surface area (Å²) in [6.07, 6.45) is 1.13. The summed E-state index contributed by atoms with van der Waals surface area (Å²) in [7, 11) is -0.412. The first-order valence-electron chi connectivity index (χ1n) is 8.66. The third-order valence-corrected chi connectivity index (χ3v) is 6.25. The molecule has 1 atom stereocenters. The van der Waals surface area contributed by atoms with Gasteiger partial charge in [0.2, 0.25) is 5.91 Å². The molecule has 1 fully saturated rings. The molecule has 3 rings (SSSR count). The van der Waals surface area contributed by atoms with Crippen LogP contribution in [0.3, 0.4) is 0 Å². The Morgan fingerprint density at radius 1 is 1.19 bits per heavy atom. The molecule has 1 saturated heterocycles. The SMILES string of the molecule is CNS(=O)(=O)NC1CCN(C(=O)C2CN(C)C(=O)c3ccccc32)CC1. The molecular formula is C17H24N4O4S. The Morgan fingerprint density at radius 3 is 2.50 bits per heavy atom. The van der Waals surface area contributed by atoms with Gasteiger partial charge in [0.15, 0.2) is 0 Å². The number of amides is 2. The summed E-state index contributed by atoms with van der Waals surface area (Å²) in [5.41, 5.74) is 1.36. The van der Waals surface area contributed by atoms with Crippen LogP contribution in [-0.2, 0) is 15.0 Å². The fraction of sp³-hybridized carbons (Fsp3) is 0.529. The molecule has 0 spiro atoms. The van der Waals surface area contributed by atoms with Crippen LogP contribution < -0.4 is 9.44 Å². The monoisotopic (exact) mass is 380 g/mol. The molecule has 9 heteroatoms. The number of benzene rings is 1. The second-order valence-electron chi connectivity index (χ2n) is 6.75. The number of likely N-dealkylation sites (tertiary alicyclic amines) is 1. The number of nitrogens with zero attached hydrogens (tertiary/aromatic N) is 2. The van der Waals surface area contributed by atoms with Crippen molar-refractivity contribution >= 4 is 22.0 Å². The van der Waals surface area contributed by atoms with Crippen LogP contribution in [0.2, 0.25) is 0 Å². The second kappa shape index (κ2) is 7.34. The summed E-state index contributed by atoms with van der Waals surface area (Å²) >= 11 is 0. The number of hydrogen-bond acceptors (Lipinski definition) is 4. The number of piperidine rings is 1. The summed E-state index contributed by atoms with van der Waals surface area (Å²) in [4.78, 5) is 28.7. The molecule has 1 unspecified atom stereocenters. The van der Waals surface area contributed by atoms with Crippen molar-refractivity contribution in [2.75, 3.05) is 33.7 Å². The van der Waals surface area contributed by atoms with Gasteiger partial charge in [0, 0.05) is 45.3 Å². The highest BCUT2D eigenvalue weighted by Crippen LogP contribution is 2.30. The first-order valence-corrected chi connectivity index (χ1v) is 10.1. The molecule has 0 aliphatic carbocycles. The van der Waals surface area contributed by atoms with Gasteiger partial charge in [0.05, 0.1) is 5.92 Å². The molecule has 1 aromatic carbocycles. The molecule has 26 heavy (non-hydrogen) atoms. The Balaban J connectivity index is 1.69. The topological polar surface area (TPSA) is 98.8 Å². The maximum Gasteiger partial charge on any atom is 0.276 e. The van der Waals surface area contributed by atoms with E-state index in [2.05, 4.69) is 9.44 Å². The maximum absolute atomic E-state index is 13.1. The number of hydrogen-bond donors (Lipinski definition) is 2. The fourth-order valence-electron chi connectivity index (χ4n) is 3.58. The van der Waals surface area contributed by atoms with Crippen LogP contribution in [0.15, 0.2) is 24.3 Å². The summed E-state index contributed by atoms with van der Waals surface area (Å²) in [6.45, 7) is 1.35. The van der Waals surface area contributed by atoms with Gasteiger partial charge < -0.3 is 9.80 Å². The zero-order valence-corrected chi connectivity index (χ0v) is 15.8. The van der Waals surface area contributed by atoms with Crippen LogP contribution in [0.4, 0.5) is 0 Å². The second-order valence-corrected chi connectivity index (χ2v) is 8.40. The summed E-state index contributed by atoms with van der Waals surface area (Å²) in [5, 5.41) is 0. The van der Waals surface area contributed by atoms with Crippen LogP contribution >= 0.6 is 0 Å². The van der Waals surface area contributed by atoms with E-state index in [-0.39, 0.29) is 23.8 Å². The molecular weight excluding hydrogens is 356 g/mol. The van der Waals surface area contributed by atoms with E-state index < -0.39 is 10.2 Å². The van der Waals surface area contributed by atoms with Gasteiger partial charge in [-0.3, -0.25) is 9.59 Å². The summed E-state index contributed by atoms with van der Waals surface area (Å²) < 4.78 is 28.0. The number of carbonyl (C=O) groups is 2. The molecule has 2 aliphatic heterocycles. The van der Waals surface area contributed by atoms with Crippen molar-refractivity contribution in [2.24, 2.45) is 0 Å². The highest BCUT2D eigenvalue weighted by molar-refractivity contribution is 7.87. The standard InChI is InChI=1S/C17H24N4O4S/c1-18-26(24,25)19-12-7-9-21(10-8-12)17(23)15-11-20(2)16(22)14-6-4-3-5-13(14)15/h3-6,12,15,18-19H,7-11H2,1-2H3. The van der Waals surface area contributed by atoms with Crippen LogP contribution in [0, 0.1) is 0 Å². The van der Waals surface area contributed by atoms with Crippen LogP contribution in [-0.4, -0.2) is 69.8 Å². The van der Waals surface area contributed by atoms with Gasteiger partial charge in [-0.05, 0) is 24.5 Å². The van der Waals surface area contributed by atoms with E-state index in [0.29, 0.717) is 38.0 Å². The van der Waals surface area contributed by atoms with E-state index in [1.165, 1.54) is 7.05 Å². The van der Waals surface area contributed by atoms with Crippen molar-refractivity contribution in [2.45, 2.75) is 24.8 Å². The van der Waals surface area contributed by atoms with Crippen molar-refractivity contribution in [1.29, 1.82) is 0 Å². The Morgan fingerprint density at radius 2 is 1.85 bits per heavy atom. The van der Waals surface area contributed by atoms with Gasteiger partial charge in [-0.2, -0.15) is 13.1 Å². The molecule has 0 bridgehead atoms. The van der Waals surface area contributed by atoms with Crippen molar-refractivity contribution in [3.63, 3.8) is 0 Å². The Labute approximate surface area is 153 Å². The van der Waals surface area contributed by atoms with Gasteiger partial charge in [-0.1, -0.05) is 18.2 Å². The Kier molecular flexibility index (Phi) is 5.31. The average molecular weight is 380 g/mol. The first-order chi connectivity index (χ1) is 12.3. The molecule has 0 saturated carbocycles. The third-order valence-electron chi connectivity index (χ3n) is 5.07. The minimum absolute atomic E-state index is 0.00766. The lowest BCUT2D eigenvalue weighted by atomic mass is 9.88.